The molecule has 0 aliphatic carbocycles. The standard InChI is InChI=1S/C9H8FN3.C6H5Br.C2H6/c1-13-8-3-2-6(5-11)4-7(8)9(10)12;7-6-4-2-1-3-5-6;1-2/h2-4,12-13H,1H3;1-5H;1-2H3. The van der Waals surface area contributed by atoms with Gasteiger partial charge < -0.3 is 5.32 Å². The molecule has 116 valence electrons. The largest absolute Gasteiger partial charge is 0.388 e. The van der Waals surface area contributed by atoms with Crippen LogP contribution in [0.1, 0.15) is 25.0 Å². The maximum atomic E-state index is 12.6. The summed E-state index contributed by atoms with van der Waals surface area (Å²) in [6.45, 7) is 4.00. The lowest BCUT2D eigenvalue weighted by Crippen LogP contribution is -1.99. The number of hydrogen-bond acceptors (Lipinski definition) is 3. The molecule has 0 fully saturated rings. The van der Waals surface area contributed by atoms with E-state index in [1.54, 1.807) is 19.2 Å². The Labute approximate surface area is 139 Å². The van der Waals surface area contributed by atoms with Crippen LogP contribution < -0.4 is 5.32 Å². The Balaban J connectivity index is 0.000000412. The third-order valence-electron chi connectivity index (χ3n) is 2.39. The van der Waals surface area contributed by atoms with E-state index in [4.69, 9.17) is 10.7 Å². The number of halogens is 2. The predicted octanol–water partition coefficient (Wildman–Crippen LogP) is 5.37. The molecule has 2 N–H and O–H groups in total. The number of rotatable bonds is 2. The second-order valence-corrected chi connectivity index (χ2v) is 4.65. The zero-order valence-electron chi connectivity index (χ0n) is 12.8. The quantitative estimate of drug-likeness (QED) is 0.704. The number of benzene rings is 2. The van der Waals surface area contributed by atoms with Crippen LogP contribution in [0, 0.1) is 16.7 Å². The van der Waals surface area contributed by atoms with Crippen LogP contribution in [-0.2, 0) is 0 Å². The van der Waals surface area contributed by atoms with E-state index in [1.807, 2.05) is 50.2 Å². The molecular formula is C17H19BrFN3. The van der Waals surface area contributed by atoms with Gasteiger partial charge in [-0.3, -0.25) is 5.41 Å². The highest BCUT2D eigenvalue weighted by Crippen LogP contribution is 2.17. The van der Waals surface area contributed by atoms with Gasteiger partial charge in [0.1, 0.15) is 0 Å². The van der Waals surface area contributed by atoms with Gasteiger partial charge in [0.05, 0.1) is 17.2 Å². The van der Waals surface area contributed by atoms with Gasteiger partial charge in [-0.2, -0.15) is 9.65 Å². The van der Waals surface area contributed by atoms with Gasteiger partial charge in [-0.1, -0.05) is 48.0 Å². The van der Waals surface area contributed by atoms with Crippen molar-refractivity contribution in [3.63, 3.8) is 0 Å². The van der Waals surface area contributed by atoms with Crippen LogP contribution in [0.25, 0.3) is 0 Å². The average Bonchev–Trinajstić information content (AvgIpc) is 2.57. The lowest BCUT2D eigenvalue weighted by atomic mass is 10.1. The third-order valence-corrected chi connectivity index (χ3v) is 2.92. The molecule has 3 nitrogen and oxygen atoms in total. The van der Waals surface area contributed by atoms with E-state index in [0.717, 1.165) is 4.47 Å². The topological polar surface area (TPSA) is 59.7 Å². The van der Waals surface area contributed by atoms with E-state index in [2.05, 4.69) is 21.2 Å². The molecule has 0 aromatic heterocycles. The van der Waals surface area contributed by atoms with E-state index in [9.17, 15) is 4.39 Å². The summed E-state index contributed by atoms with van der Waals surface area (Å²) in [4.78, 5) is 0. The zero-order valence-corrected chi connectivity index (χ0v) is 14.4. The van der Waals surface area contributed by atoms with Crippen molar-refractivity contribution in [2.45, 2.75) is 13.8 Å². The first-order valence-electron chi connectivity index (χ1n) is 6.75. The lowest BCUT2D eigenvalue weighted by Gasteiger charge is -2.05. The molecule has 0 radical (unpaired) electrons. The van der Waals surface area contributed by atoms with Gasteiger partial charge in [0.2, 0.25) is 5.97 Å². The Morgan fingerprint density at radius 2 is 1.77 bits per heavy atom. The molecule has 22 heavy (non-hydrogen) atoms. The molecule has 0 saturated heterocycles. The summed E-state index contributed by atoms with van der Waals surface area (Å²) in [5.41, 5.74) is 0.962. The van der Waals surface area contributed by atoms with Gasteiger partial charge in [0.25, 0.3) is 0 Å². The Hall–Kier alpha value is -2.19. The van der Waals surface area contributed by atoms with E-state index in [0.29, 0.717) is 11.3 Å². The van der Waals surface area contributed by atoms with Crippen LogP contribution >= 0.6 is 15.9 Å². The molecule has 0 atom stereocenters. The first-order chi connectivity index (χ1) is 10.6. The monoisotopic (exact) mass is 363 g/mol. The second kappa shape index (κ2) is 11.5. The molecule has 0 heterocycles. The van der Waals surface area contributed by atoms with Crippen LogP contribution in [0.2, 0.25) is 0 Å². The zero-order chi connectivity index (χ0) is 17.0. The summed E-state index contributed by atoms with van der Waals surface area (Å²) >= 11 is 3.31. The van der Waals surface area contributed by atoms with Gasteiger partial charge in [0, 0.05) is 17.2 Å². The van der Waals surface area contributed by atoms with Gasteiger partial charge in [-0.25, -0.2) is 0 Å². The van der Waals surface area contributed by atoms with Gasteiger partial charge in [-0.15, -0.1) is 0 Å². The average molecular weight is 364 g/mol. The van der Waals surface area contributed by atoms with Crippen molar-refractivity contribution in [1.29, 1.82) is 10.7 Å². The normalized spacial score (nSPS) is 8.36. The minimum Gasteiger partial charge on any atom is -0.388 e. The summed E-state index contributed by atoms with van der Waals surface area (Å²) in [5, 5.41) is 18.1. The van der Waals surface area contributed by atoms with E-state index >= 15 is 0 Å². The molecule has 2 aromatic carbocycles. The van der Waals surface area contributed by atoms with Crippen molar-refractivity contribution in [2.75, 3.05) is 12.4 Å². The SMILES string of the molecule is Brc1ccccc1.CC.CNc1ccc(C#N)cc1C(=N)F. The minimum atomic E-state index is -1.04. The molecule has 0 aliphatic heterocycles. The maximum Gasteiger partial charge on any atom is 0.214 e. The molecule has 2 aromatic rings. The van der Waals surface area contributed by atoms with Crippen molar-refractivity contribution in [3.05, 3.63) is 64.1 Å². The van der Waals surface area contributed by atoms with Crippen LogP contribution in [-0.4, -0.2) is 13.0 Å². The minimum absolute atomic E-state index is 0.113. The fourth-order valence-electron chi connectivity index (χ4n) is 1.43. The second-order valence-electron chi connectivity index (χ2n) is 3.73. The molecule has 0 spiro atoms. The Kier molecular flexibility index (Phi) is 10.3. The highest BCUT2D eigenvalue weighted by Gasteiger charge is 2.06. The van der Waals surface area contributed by atoms with Crippen molar-refractivity contribution in [3.8, 4) is 6.07 Å². The summed E-state index contributed by atoms with van der Waals surface area (Å²) in [7, 11) is 1.63. The molecule has 5 heteroatoms. The van der Waals surface area contributed by atoms with Crippen molar-refractivity contribution in [2.24, 2.45) is 0 Å². The summed E-state index contributed by atoms with van der Waals surface area (Å²) < 4.78 is 13.8. The highest BCUT2D eigenvalue weighted by molar-refractivity contribution is 9.10. The number of anilines is 1. The number of nitrogens with zero attached hydrogens (tertiary/aromatic N) is 1. The van der Waals surface area contributed by atoms with Gasteiger partial charge >= 0.3 is 0 Å². The highest BCUT2D eigenvalue weighted by atomic mass is 79.9. The molecule has 0 unspecified atom stereocenters. The Morgan fingerprint density at radius 3 is 2.14 bits per heavy atom. The maximum absolute atomic E-state index is 12.6. The van der Waals surface area contributed by atoms with E-state index in [1.165, 1.54) is 6.07 Å². The first kappa shape index (κ1) is 19.8. The fourth-order valence-corrected chi connectivity index (χ4v) is 1.73. The van der Waals surface area contributed by atoms with E-state index in [-0.39, 0.29) is 5.56 Å². The van der Waals surface area contributed by atoms with Crippen LogP contribution in [0.4, 0.5) is 10.1 Å². The first-order valence-corrected chi connectivity index (χ1v) is 7.54. The Bertz CT molecular complexity index is 622. The fraction of sp³-hybridized carbons (Fsp3) is 0.176. The summed E-state index contributed by atoms with van der Waals surface area (Å²) in [5.74, 6) is -1.04. The summed E-state index contributed by atoms with van der Waals surface area (Å²) in [6.07, 6.45) is 0. The lowest BCUT2D eigenvalue weighted by molar-refractivity contribution is 0.798. The smallest absolute Gasteiger partial charge is 0.214 e. The van der Waals surface area contributed by atoms with Gasteiger partial charge in [0.15, 0.2) is 0 Å². The molecule has 0 saturated carbocycles. The molecular weight excluding hydrogens is 345 g/mol. The molecule has 0 aliphatic rings. The molecule has 2 rings (SSSR count). The number of nitriles is 1. The van der Waals surface area contributed by atoms with Crippen molar-refractivity contribution in [1.82, 2.24) is 0 Å². The van der Waals surface area contributed by atoms with Crippen LogP contribution in [0.5, 0.6) is 0 Å². The van der Waals surface area contributed by atoms with Crippen molar-refractivity contribution < 1.29 is 4.39 Å². The van der Waals surface area contributed by atoms with E-state index < -0.39 is 5.97 Å². The predicted molar refractivity (Wildman–Crippen MR) is 94.1 cm³/mol. The third kappa shape index (κ3) is 7.00. The van der Waals surface area contributed by atoms with Crippen molar-refractivity contribution >= 4 is 27.6 Å². The molecule has 0 amide bonds. The van der Waals surface area contributed by atoms with Crippen LogP contribution in [0.3, 0.4) is 0 Å². The summed E-state index contributed by atoms with van der Waals surface area (Å²) in [6, 6.07) is 16.3. The van der Waals surface area contributed by atoms with Gasteiger partial charge in [-0.05, 0) is 30.3 Å². The number of hydrogen-bond donors (Lipinski definition) is 2. The number of nitrogens with one attached hydrogen (secondary N) is 2. The molecule has 0 bridgehead atoms. The van der Waals surface area contributed by atoms with Crippen LogP contribution in [0.15, 0.2) is 53.0 Å². The Morgan fingerprint density at radius 1 is 1.18 bits per heavy atom.